The highest BCUT2D eigenvalue weighted by Gasteiger charge is 2.34. The summed E-state index contributed by atoms with van der Waals surface area (Å²) in [5.74, 6) is 0.656. The van der Waals surface area contributed by atoms with Gasteiger partial charge in [-0.1, -0.05) is 0 Å². The number of likely N-dealkylation sites (N-methyl/N-ethyl adjacent to an activating group) is 1. The van der Waals surface area contributed by atoms with E-state index in [-0.39, 0.29) is 6.04 Å². The predicted molar refractivity (Wildman–Crippen MR) is 68.1 cm³/mol. The van der Waals surface area contributed by atoms with Crippen LogP contribution in [0.2, 0.25) is 0 Å². The number of aromatic nitrogens is 5. The average molecular weight is 328 g/mol. The molecule has 2 aromatic heterocycles. The Bertz CT molecular complexity index is 639. The van der Waals surface area contributed by atoms with Crippen LogP contribution in [0, 0.1) is 0 Å². The largest absolute Gasteiger partial charge is 0.465 e. The maximum Gasteiger partial charge on any atom is 0.407 e. The third-order valence-corrected chi connectivity index (χ3v) is 3.72. The van der Waals surface area contributed by atoms with Gasteiger partial charge in [0.15, 0.2) is 5.82 Å². The predicted octanol–water partition coefficient (Wildman–Crippen LogP) is 0.0802. The number of hydrogen-bond acceptors (Lipinski definition) is 6. The molecular weight excluding hydrogens is 318 g/mol. The fourth-order valence-electron chi connectivity index (χ4n) is 1.95. The summed E-state index contributed by atoms with van der Waals surface area (Å²) in [6, 6.07) is -0.0288. The molecule has 3 heterocycles. The first kappa shape index (κ1) is 12.1. The standard InChI is InChI=1S/C9H10BrN7O2/c1-15(9(18)19)5-3-16(4-5)7-8-12-13-14-17(8)6(10)2-11-7/h2,5H,3-4H2,1H3,(H,18,19). The van der Waals surface area contributed by atoms with Gasteiger partial charge < -0.3 is 14.9 Å². The fourth-order valence-corrected chi connectivity index (χ4v) is 2.29. The van der Waals surface area contributed by atoms with Gasteiger partial charge in [0.2, 0.25) is 5.65 Å². The maximum atomic E-state index is 10.8. The zero-order chi connectivity index (χ0) is 13.6. The molecule has 1 aliphatic heterocycles. The number of hydrogen-bond donors (Lipinski definition) is 1. The first-order valence-electron chi connectivity index (χ1n) is 5.51. The number of carboxylic acid groups (broad SMARTS) is 1. The Hall–Kier alpha value is -1.97. The van der Waals surface area contributed by atoms with E-state index in [2.05, 4.69) is 36.4 Å². The third kappa shape index (κ3) is 1.87. The molecule has 0 bridgehead atoms. The van der Waals surface area contributed by atoms with Crippen molar-refractivity contribution < 1.29 is 9.90 Å². The number of anilines is 1. The minimum atomic E-state index is -0.928. The number of halogens is 1. The number of rotatable bonds is 2. The highest BCUT2D eigenvalue weighted by Crippen LogP contribution is 2.25. The van der Waals surface area contributed by atoms with Crippen molar-refractivity contribution in [2.75, 3.05) is 25.0 Å². The molecule has 0 atom stereocenters. The molecule has 0 radical (unpaired) electrons. The highest BCUT2D eigenvalue weighted by atomic mass is 79.9. The Kier molecular flexibility index (Phi) is 2.73. The quantitative estimate of drug-likeness (QED) is 0.833. The smallest absolute Gasteiger partial charge is 0.407 e. The molecule has 3 rings (SSSR count). The zero-order valence-electron chi connectivity index (χ0n) is 9.93. The molecule has 0 spiro atoms. The monoisotopic (exact) mass is 327 g/mol. The summed E-state index contributed by atoms with van der Waals surface area (Å²) in [6.07, 6.45) is 0.690. The van der Waals surface area contributed by atoms with E-state index in [4.69, 9.17) is 5.11 Å². The van der Waals surface area contributed by atoms with Gasteiger partial charge in [-0.15, -0.1) is 5.10 Å². The van der Waals surface area contributed by atoms with Crippen molar-refractivity contribution in [2.45, 2.75) is 6.04 Å². The van der Waals surface area contributed by atoms with Crippen molar-refractivity contribution in [2.24, 2.45) is 0 Å². The molecule has 10 heteroatoms. The van der Waals surface area contributed by atoms with Crippen molar-refractivity contribution >= 4 is 33.5 Å². The summed E-state index contributed by atoms with van der Waals surface area (Å²) in [5, 5.41) is 20.3. The van der Waals surface area contributed by atoms with E-state index in [0.717, 1.165) is 0 Å². The first-order valence-corrected chi connectivity index (χ1v) is 6.30. The summed E-state index contributed by atoms with van der Waals surface area (Å²) in [6.45, 7) is 1.17. The van der Waals surface area contributed by atoms with Crippen LogP contribution in [0.15, 0.2) is 10.8 Å². The number of nitrogens with zero attached hydrogens (tertiary/aromatic N) is 7. The van der Waals surface area contributed by atoms with Gasteiger partial charge in [-0.3, -0.25) is 0 Å². The molecule has 9 nitrogen and oxygen atoms in total. The molecule has 2 aromatic rings. The minimum Gasteiger partial charge on any atom is -0.465 e. The van der Waals surface area contributed by atoms with Crippen molar-refractivity contribution in [3.63, 3.8) is 0 Å². The Balaban J connectivity index is 1.83. The number of amides is 1. The Labute approximate surface area is 115 Å². The summed E-state index contributed by atoms with van der Waals surface area (Å²) < 4.78 is 2.20. The van der Waals surface area contributed by atoms with E-state index in [0.29, 0.717) is 29.2 Å². The van der Waals surface area contributed by atoms with Gasteiger partial charge in [0.05, 0.1) is 12.2 Å². The van der Waals surface area contributed by atoms with Crippen LogP contribution in [0.1, 0.15) is 0 Å². The van der Waals surface area contributed by atoms with Gasteiger partial charge in [-0.2, -0.15) is 4.52 Å². The summed E-state index contributed by atoms with van der Waals surface area (Å²) in [5.41, 5.74) is 0.547. The molecule has 1 amide bonds. The SMILES string of the molecule is CN(C(=O)O)C1CN(c2ncc(Br)n3nnnc23)C1. The van der Waals surface area contributed by atoms with E-state index in [9.17, 15) is 4.79 Å². The van der Waals surface area contributed by atoms with Crippen LogP contribution in [0.25, 0.3) is 5.65 Å². The molecule has 1 N–H and O–H groups in total. The van der Waals surface area contributed by atoms with Crippen LogP contribution in [-0.2, 0) is 0 Å². The summed E-state index contributed by atoms with van der Waals surface area (Å²) in [4.78, 5) is 18.4. The van der Waals surface area contributed by atoms with Crippen molar-refractivity contribution in [1.29, 1.82) is 0 Å². The van der Waals surface area contributed by atoms with E-state index in [1.165, 1.54) is 9.42 Å². The van der Waals surface area contributed by atoms with Gasteiger partial charge in [0.25, 0.3) is 0 Å². The molecular formula is C9H10BrN7O2. The molecule has 1 fully saturated rings. The summed E-state index contributed by atoms with van der Waals surface area (Å²) >= 11 is 3.31. The molecule has 100 valence electrons. The average Bonchev–Trinajstić information content (AvgIpc) is 2.79. The maximum absolute atomic E-state index is 10.8. The van der Waals surface area contributed by atoms with E-state index >= 15 is 0 Å². The third-order valence-electron chi connectivity index (χ3n) is 3.18. The van der Waals surface area contributed by atoms with E-state index in [1.54, 1.807) is 13.2 Å². The highest BCUT2D eigenvalue weighted by molar-refractivity contribution is 9.10. The molecule has 1 aliphatic rings. The van der Waals surface area contributed by atoms with Gasteiger partial charge in [0, 0.05) is 20.1 Å². The Morgan fingerprint density at radius 1 is 1.58 bits per heavy atom. The van der Waals surface area contributed by atoms with Crippen LogP contribution in [0.5, 0.6) is 0 Å². The van der Waals surface area contributed by atoms with Gasteiger partial charge in [0.1, 0.15) is 4.60 Å². The lowest BCUT2D eigenvalue weighted by molar-refractivity contribution is 0.130. The van der Waals surface area contributed by atoms with Gasteiger partial charge >= 0.3 is 6.09 Å². The first-order chi connectivity index (χ1) is 9.08. The van der Waals surface area contributed by atoms with Crippen molar-refractivity contribution in [3.05, 3.63) is 10.8 Å². The topological polar surface area (TPSA) is 99.8 Å². The van der Waals surface area contributed by atoms with Crippen LogP contribution in [0.4, 0.5) is 10.6 Å². The fraction of sp³-hybridized carbons (Fsp3) is 0.444. The van der Waals surface area contributed by atoms with E-state index in [1.807, 2.05) is 4.90 Å². The number of tetrazole rings is 1. The minimum absolute atomic E-state index is 0.0288. The number of fused-ring (bicyclic) bond motifs is 1. The normalized spacial score (nSPS) is 15.6. The van der Waals surface area contributed by atoms with Crippen LogP contribution >= 0.6 is 15.9 Å². The molecule has 0 aromatic carbocycles. The number of carbonyl (C=O) groups is 1. The zero-order valence-corrected chi connectivity index (χ0v) is 11.5. The lowest BCUT2D eigenvalue weighted by atomic mass is 10.1. The second kappa shape index (κ2) is 4.30. The summed E-state index contributed by atoms with van der Waals surface area (Å²) in [7, 11) is 1.56. The Morgan fingerprint density at radius 3 is 3.00 bits per heavy atom. The lowest BCUT2D eigenvalue weighted by Gasteiger charge is -2.43. The Morgan fingerprint density at radius 2 is 2.32 bits per heavy atom. The van der Waals surface area contributed by atoms with Crippen LogP contribution < -0.4 is 4.90 Å². The van der Waals surface area contributed by atoms with Crippen LogP contribution in [0.3, 0.4) is 0 Å². The molecule has 0 saturated carbocycles. The lowest BCUT2D eigenvalue weighted by Crippen LogP contribution is -2.60. The second-order valence-corrected chi connectivity index (χ2v) is 5.08. The molecule has 19 heavy (non-hydrogen) atoms. The second-order valence-electron chi connectivity index (χ2n) is 4.27. The van der Waals surface area contributed by atoms with Gasteiger partial charge in [-0.25, -0.2) is 9.78 Å². The van der Waals surface area contributed by atoms with Crippen molar-refractivity contribution in [3.8, 4) is 0 Å². The van der Waals surface area contributed by atoms with E-state index < -0.39 is 6.09 Å². The molecule has 0 aliphatic carbocycles. The van der Waals surface area contributed by atoms with Crippen molar-refractivity contribution in [1.82, 2.24) is 29.9 Å². The molecule has 0 unspecified atom stereocenters. The van der Waals surface area contributed by atoms with Crippen LogP contribution in [-0.4, -0.2) is 67.3 Å². The van der Waals surface area contributed by atoms with Gasteiger partial charge in [-0.05, 0) is 26.4 Å². The molecule has 1 saturated heterocycles.